The first kappa shape index (κ1) is 20.2. The second-order valence-electron chi connectivity index (χ2n) is 8.17. The highest BCUT2D eigenvalue weighted by atomic mass is 16.7. The predicted molar refractivity (Wildman–Crippen MR) is 111 cm³/mol. The molecule has 1 aliphatic heterocycles. The van der Waals surface area contributed by atoms with Crippen molar-refractivity contribution in [3.8, 4) is 11.5 Å². The topological polar surface area (TPSA) is 52.0 Å². The van der Waals surface area contributed by atoms with Crippen LogP contribution >= 0.6 is 0 Å². The van der Waals surface area contributed by atoms with E-state index in [0.717, 1.165) is 34.2 Å². The molecule has 1 heterocycles. The Labute approximate surface area is 167 Å². The Bertz CT molecular complexity index is 819. The Balaban J connectivity index is 1.67. The monoisotopic (exact) mass is 383 g/mol. The maximum absolute atomic E-state index is 12.8. The van der Waals surface area contributed by atoms with Crippen LogP contribution in [0.25, 0.3) is 0 Å². The zero-order valence-corrected chi connectivity index (χ0v) is 17.5. The van der Waals surface area contributed by atoms with E-state index in [1.165, 1.54) is 11.1 Å². The normalized spacial score (nSPS) is 13.8. The first-order valence-corrected chi connectivity index (χ1v) is 9.97. The van der Waals surface area contributed by atoms with Crippen LogP contribution in [-0.4, -0.2) is 26.3 Å². The molecule has 0 bridgehead atoms. The summed E-state index contributed by atoms with van der Waals surface area (Å²) < 4.78 is 10.8. The van der Waals surface area contributed by atoms with Gasteiger partial charge in [0.05, 0.1) is 7.05 Å². The van der Waals surface area contributed by atoms with Crippen LogP contribution in [0.2, 0.25) is 0 Å². The van der Waals surface area contributed by atoms with Gasteiger partial charge in [0.2, 0.25) is 6.79 Å². The summed E-state index contributed by atoms with van der Waals surface area (Å²) in [5.41, 5.74) is 4.48. The van der Waals surface area contributed by atoms with Crippen molar-refractivity contribution in [2.75, 3.05) is 25.7 Å². The zero-order chi connectivity index (χ0) is 20.3. The molecule has 1 unspecified atom stereocenters. The van der Waals surface area contributed by atoms with Crippen molar-refractivity contribution in [3.63, 3.8) is 0 Å². The van der Waals surface area contributed by atoms with Gasteiger partial charge in [-0.2, -0.15) is 0 Å². The SMILES string of the molecule is CC(C)c1cccc(C(C)C)c1NC(=O)C[NH+](C)Cc1ccc2c(c1)OCO2. The lowest BCUT2D eigenvalue weighted by Crippen LogP contribution is -3.08. The molecule has 1 aliphatic rings. The molecule has 1 amide bonds. The maximum Gasteiger partial charge on any atom is 0.279 e. The van der Waals surface area contributed by atoms with E-state index in [1.54, 1.807) is 0 Å². The number of ether oxygens (including phenoxy) is 2. The number of likely N-dealkylation sites (N-methyl/N-ethyl adjacent to an activating group) is 1. The minimum Gasteiger partial charge on any atom is -0.454 e. The zero-order valence-electron chi connectivity index (χ0n) is 17.5. The van der Waals surface area contributed by atoms with Gasteiger partial charge in [0, 0.05) is 11.3 Å². The molecule has 1 atom stereocenters. The Morgan fingerprint density at radius 3 is 2.32 bits per heavy atom. The van der Waals surface area contributed by atoms with Crippen molar-refractivity contribution in [2.45, 2.75) is 46.1 Å². The highest BCUT2D eigenvalue weighted by molar-refractivity contribution is 5.93. The number of carbonyl (C=O) groups is 1. The van der Waals surface area contributed by atoms with Gasteiger partial charge in [0.25, 0.3) is 5.91 Å². The minimum absolute atomic E-state index is 0.0354. The summed E-state index contributed by atoms with van der Waals surface area (Å²) in [6, 6.07) is 12.2. The van der Waals surface area contributed by atoms with Crippen LogP contribution in [-0.2, 0) is 11.3 Å². The number of para-hydroxylation sites is 1. The number of benzene rings is 2. The van der Waals surface area contributed by atoms with Crippen molar-refractivity contribution < 1.29 is 19.2 Å². The second-order valence-corrected chi connectivity index (χ2v) is 8.17. The number of nitrogens with one attached hydrogen (secondary N) is 2. The van der Waals surface area contributed by atoms with Gasteiger partial charge in [-0.3, -0.25) is 4.79 Å². The fourth-order valence-corrected chi connectivity index (χ4v) is 3.61. The number of carbonyl (C=O) groups excluding carboxylic acids is 1. The molecule has 2 N–H and O–H groups in total. The number of hydrogen-bond donors (Lipinski definition) is 2. The molecule has 2 aromatic rings. The summed E-state index contributed by atoms with van der Waals surface area (Å²) in [7, 11) is 2.03. The largest absolute Gasteiger partial charge is 0.454 e. The Hall–Kier alpha value is -2.53. The number of amides is 1. The lowest BCUT2D eigenvalue weighted by Gasteiger charge is -2.21. The molecule has 0 spiro atoms. The van der Waals surface area contributed by atoms with Gasteiger partial charge in [-0.05, 0) is 41.2 Å². The summed E-state index contributed by atoms with van der Waals surface area (Å²) in [4.78, 5) is 13.9. The average molecular weight is 384 g/mol. The van der Waals surface area contributed by atoms with Crippen molar-refractivity contribution in [2.24, 2.45) is 0 Å². The van der Waals surface area contributed by atoms with Gasteiger partial charge >= 0.3 is 0 Å². The Kier molecular flexibility index (Phi) is 6.25. The molecule has 0 saturated heterocycles. The number of fused-ring (bicyclic) bond motifs is 1. The molecule has 5 heteroatoms. The summed E-state index contributed by atoms with van der Waals surface area (Å²) in [5, 5.41) is 3.20. The molecule has 3 rings (SSSR count). The average Bonchev–Trinajstić information content (AvgIpc) is 3.08. The van der Waals surface area contributed by atoms with E-state index in [4.69, 9.17) is 9.47 Å². The molecule has 0 radical (unpaired) electrons. The molecule has 28 heavy (non-hydrogen) atoms. The van der Waals surface area contributed by atoms with Gasteiger partial charge in [-0.25, -0.2) is 0 Å². The predicted octanol–water partition coefficient (Wildman–Crippen LogP) is 3.32. The first-order valence-electron chi connectivity index (χ1n) is 9.97. The van der Waals surface area contributed by atoms with Crippen LogP contribution in [0, 0.1) is 0 Å². The van der Waals surface area contributed by atoms with E-state index >= 15 is 0 Å². The molecule has 2 aromatic carbocycles. The minimum atomic E-state index is 0.0354. The van der Waals surface area contributed by atoms with E-state index in [9.17, 15) is 4.79 Å². The Morgan fingerprint density at radius 1 is 1.04 bits per heavy atom. The third kappa shape index (κ3) is 4.65. The van der Waals surface area contributed by atoms with Crippen LogP contribution in [0.3, 0.4) is 0 Å². The second kappa shape index (κ2) is 8.65. The van der Waals surface area contributed by atoms with Crippen LogP contribution < -0.4 is 19.7 Å². The number of anilines is 1. The molecular formula is C23H31N2O3+. The fourth-order valence-electron chi connectivity index (χ4n) is 3.61. The van der Waals surface area contributed by atoms with Crippen LogP contribution in [0.15, 0.2) is 36.4 Å². The van der Waals surface area contributed by atoms with Crippen molar-refractivity contribution in [1.29, 1.82) is 0 Å². The van der Waals surface area contributed by atoms with Crippen molar-refractivity contribution >= 4 is 11.6 Å². The van der Waals surface area contributed by atoms with Crippen LogP contribution in [0.5, 0.6) is 11.5 Å². The third-order valence-corrected chi connectivity index (χ3v) is 5.04. The molecule has 0 aromatic heterocycles. The highest BCUT2D eigenvalue weighted by Crippen LogP contribution is 2.33. The van der Waals surface area contributed by atoms with E-state index in [-0.39, 0.29) is 12.7 Å². The smallest absolute Gasteiger partial charge is 0.279 e. The fraction of sp³-hybridized carbons (Fsp3) is 0.435. The quantitative estimate of drug-likeness (QED) is 0.771. The molecule has 5 nitrogen and oxygen atoms in total. The summed E-state index contributed by atoms with van der Waals surface area (Å²) in [5.74, 6) is 2.31. The first-order chi connectivity index (χ1) is 13.3. The van der Waals surface area contributed by atoms with E-state index in [1.807, 2.05) is 25.2 Å². The standard InChI is InChI=1S/C23H30N2O3/c1-15(2)18-7-6-8-19(16(3)4)23(18)24-22(26)13-25(5)12-17-9-10-20-21(11-17)28-14-27-20/h6-11,15-16H,12-14H2,1-5H3,(H,24,26)/p+1. The summed E-state index contributed by atoms with van der Waals surface area (Å²) >= 11 is 0. The number of quaternary nitrogens is 1. The van der Waals surface area contributed by atoms with Gasteiger partial charge in [0.1, 0.15) is 6.54 Å². The molecule has 0 fully saturated rings. The van der Waals surface area contributed by atoms with Gasteiger partial charge in [0.15, 0.2) is 18.0 Å². The summed E-state index contributed by atoms with van der Waals surface area (Å²) in [6.07, 6.45) is 0. The van der Waals surface area contributed by atoms with Gasteiger partial charge in [-0.1, -0.05) is 45.9 Å². The molecule has 150 valence electrons. The third-order valence-electron chi connectivity index (χ3n) is 5.04. The highest BCUT2D eigenvalue weighted by Gasteiger charge is 2.19. The molecule has 0 aliphatic carbocycles. The molecular weight excluding hydrogens is 352 g/mol. The van der Waals surface area contributed by atoms with E-state index in [2.05, 4.69) is 51.2 Å². The Morgan fingerprint density at radius 2 is 1.68 bits per heavy atom. The lowest BCUT2D eigenvalue weighted by atomic mass is 9.92. The van der Waals surface area contributed by atoms with Crippen molar-refractivity contribution in [3.05, 3.63) is 53.1 Å². The molecule has 0 saturated carbocycles. The maximum atomic E-state index is 12.8. The number of hydrogen-bond acceptors (Lipinski definition) is 3. The number of rotatable bonds is 7. The van der Waals surface area contributed by atoms with Gasteiger partial charge in [-0.15, -0.1) is 0 Å². The van der Waals surface area contributed by atoms with Crippen molar-refractivity contribution in [1.82, 2.24) is 0 Å². The van der Waals surface area contributed by atoms with Gasteiger partial charge < -0.3 is 19.7 Å². The van der Waals surface area contributed by atoms with E-state index < -0.39 is 0 Å². The lowest BCUT2D eigenvalue weighted by molar-refractivity contribution is -0.885. The summed E-state index contributed by atoms with van der Waals surface area (Å²) in [6.45, 7) is 10.1. The van der Waals surface area contributed by atoms with Crippen LogP contribution in [0.1, 0.15) is 56.2 Å². The van der Waals surface area contributed by atoms with Crippen LogP contribution in [0.4, 0.5) is 5.69 Å². The van der Waals surface area contributed by atoms with E-state index in [0.29, 0.717) is 18.4 Å².